The maximum absolute atomic E-state index is 12.8. The Kier molecular flexibility index (Phi) is 3.49. The molecule has 1 aromatic rings. The van der Waals surface area contributed by atoms with Gasteiger partial charge < -0.3 is 15.4 Å². The number of rotatable bonds is 2. The quantitative estimate of drug-likeness (QED) is 0.796. The highest BCUT2D eigenvalue weighted by Gasteiger charge is 2.51. The number of urea groups is 1. The first-order valence-corrected chi connectivity index (χ1v) is 8.23. The number of para-hydroxylation sites is 1. The summed E-state index contributed by atoms with van der Waals surface area (Å²) in [4.78, 5) is 26.5. The molecule has 6 nitrogen and oxygen atoms in total. The SMILES string of the molecule is O=C1NC2(CCNCC2)C(=O)N1CC1COc2ccccc2C1. The summed E-state index contributed by atoms with van der Waals surface area (Å²) in [6, 6.07) is 7.70. The van der Waals surface area contributed by atoms with Crippen LogP contribution < -0.4 is 15.4 Å². The highest BCUT2D eigenvalue weighted by molar-refractivity contribution is 6.07. The van der Waals surface area contributed by atoms with Crippen molar-refractivity contribution in [1.29, 1.82) is 0 Å². The Morgan fingerprint density at radius 3 is 2.83 bits per heavy atom. The molecule has 0 bridgehead atoms. The van der Waals surface area contributed by atoms with Gasteiger partial charge in [-0.05, 0) is 44.0 Å². The van der Waals surface area contributed by atoms with Crippen LogP contribution in [0.25, 0.3) is 0 Å². The maximum Gasteiger partial charge on any atom is 0.325 e. The summed E-state index contributed by atoms with van der Waals surface area (Å²) in [6.07, 6.45) is 2.16. The van der Waals surface area contributed by atoms with E-state index in [9.17, 15) is 9.59 Å². The molecule has 3 amide bonds. The van der Waals surface area contributed by atoms with Crippen LogP contribution in [-0.2, 0) is 11.2 Å². The fourth-order valence-electron chi connectivity index (χ4n) is 3.80. The number of nitrogens with zero attached hydrogens (tertiary/aromatic N) is 1. The number of hydrogen-bond acceptors (Lipinski definition) is 4. The molecule has 0 aromatic heterocycles. The van der Waals surface area contributed by atoms with Gasteiger partial charge in [0.25, 0.3) is 5.91 Å². The van der Waals surface area contributed by atoms with Gasteiger partial charge in [-0.1, -0.05) is 18.2 Å². The number of carbonyl (C=O) groups excluding carboxylic acids is 2. The van der Waals surface area contributed by atoms with Crippen LogP contribution in [0.15, 0.2) is 24.3 Å². The minimum Gasteiger partial charge on any atom is -0.493 e. The number of amides is 3. The van der Waals surface area contributed by atoms with Crippen LogP contribution in [0.1, 0.15) is 18.4 Å². The highest BCUT2D eigenvalue weighted by Crippen LogP contribution is 2.30. The van der Waals surface area contributed by atoms with Gasteiger partial charge in [0, 0.05) is 12.5 Å². The smallest absolute Gasteiger partial charge is 0.325 e. The van der Waals surface area contributed by atoms with E-state index in [0.717, 1.165) is 30.8 Å². The van der Waals surface area contributed by atoms with Crippen LogP contribution in [0.4, 0.5) is 4.79 Å². The molecule has 3 aliphatic heterocycles. The Balaban J connectivity index is 1.47. The number of nitrogens with one attached hydrogen (secondary N) is 2. The lowest BCUT2D eigenvalue weighted by Gasteiger charge is -2.32. The summed E-state index contributed by atoms with van der Waals surface area (Å²) in [7, 11) is 0. The first kappa shape index (κ1) is 14.5. The minimum atomic E-state index is -0.685. The van der Waals surface area contributed by atoms with E-state index >= 15 is 0 Å². The van der Waals surface area contributed by atoms with Crippen molar-refractivity contribution in [1.82, 2.24) is 15.5 Å². The molecule has 0 saturated carbocycles. The van der Waals surface area contributed by atoms with Crippen molar-refractivity contribution >= 4 is 11.9 Å². The first-order chi connectivity index (χ1) is 11.2. The van der Waals surface area contributed by atoms with Crippen LogP contribution >= 0.6 is 0 Å². The summed E-state index contributed by atoms with van der Waals surface area (Å²) in [5.41, 5.74) is 0.461. The zero-order valence-corrected chi connectivity index (χ0v) is 13.0. The predicted molar refractivity (Wildman–Crippen MR) is 84.2 cm³/mol. The maximum atomic E-state index is 12.8. The number of benzene rings is 1. The third-order valence-corrected chi connectivity index (χ3v) is 5.10. The van der Waals surface area contributed by atoms with Crippen molar-refractivity contribution in [2.24, 2.45) is 5.92 Å². The molecule has 3 heterocycles. The summed E-state index contributed by atoms with van der Waals surface area (Å²) in [5, 5.41) is 6.17. The third kappa shape index (κ3) is 2.47. The van der Waals surface area contributed by atoms with Crippen LogP contribution in [0.2, 0.25) is 0 Å². The number of fused-ring (bicyclic) bond motifs is 1. The van der Waals surface area contributed by atoms with E-state index in [1.807, 2.05) is 24.3 Å². The van der Waals surface area contributed by atoms with Gasteiger partial charge in [0.2, 0.25) is 0 Å². The molecular weight excluding hydrogens is 294 g/mol. The zero-order valence-electron chi connectivity index (χ0n) is 13.0. The fraction of sp³-hybridized carbons (Fsp3) is 0.529. The standard InChI is InChI=1S/C17H21N3O3/c21-15-17(5-7-18-8-6-17)19-16(22)20(15)10-12-9-13-3-1-2-4-14(13)23-11-12/h1-4,12,18H,5-11H2,(H,19,22). The van der Waals surface area contributed by atoms with Crippen LogP contribution in [-0.4, -0.2) is 48.6 Å². The number of hydrogen-bond donors (Lipinski definition) is 2. The van der Waals surface area contributed by atoms with Gasteiger partial charge in [-0.15, -0.1) is 0 Å². The minimum absolute atomic E-state index is 0.0668. The van der Waals surface area contributed by atoms with Crippen LogP contribution in [0, 0.1) is 5.92 Å². The van der Waals surface area contributed by atoms with E-state index in [0.29, 0.717) is 26.0 Å². The molecule has 3 aliphatic rings. The Morgan fingerprint density at radius 1 is 1.22 bits per heavy atom. The Labute approximate surface area is 135 Å². The van der Waals surface area contributed by atoms with E-state index in [1.165, 1.54) is 4.90 Å². The molecule has 0 radical (unpaired) electrons. The summed E-state index contributed by atoms with van der Waals surface area (Å²) < 4.78 is 5.77. The number of piperidine rings is 1. The zero-order chi connectivity index (χ0) is 15.9. The van der Waals surface area contributed by atoms with E-state index in [-0.39, 0.29) is 17.9 Å². The summed E-state index contributed by atoms with van der Waals surface area (Å²) >= 11 is 0. The van der Waals surface area contributed by atoms with Crippen molar-refractivity contribution in [3.8, 4) is 5.75 Å². The molecule has 1 atom stereocenters. The number of imide groups is 1. The van der Waals surface area contributed by atoms with Gasteiger partial charge >= 0.3 is 6.03 Å². The van der Waals surface area contributed by atoms with Crippen molar-refractivity contribution in [3.05, 3.63) is 29.8 Å². The van der Waals surface area contributed by atoms with Crippen LogP contribution in [0.3, 0.4) is 0 Å². The van der Waals surface area contributed by atoms with Gasteiger partial charge in [0.1, 0.15) is 11.3 Å². The second-order valence-corrected chi connectivity index (χ2v) is 6.67. The van der Waals surface area contributed by atoms with E-state index in [1.54, 1.807) is 0 Å². The van der Waals surface area contributed by atoms with Crippen molar-refractivity contribution < 1.29 is 14.3 Å². The van der Waals surface area contributed by atoms with E-state index < -0.39 is 5.54 Å². The normalized spacial score (nSPS) is 25.9. The fourth-order valence-corrected chi connectivity index (χ4v) is 3.80. The Morgan fingerprint density at radius 2 is 2.00 bits per heavy atom. The van der Waals surface area contributed by atoms with Gasteiger partial charge in [0.15, 0.2) is 0 Å². The second-order valence-electron chi connectivity index (χ2n) is 6.67. The molecule has 1 aromatic carbocycles. The average molecular weight is 315 g/mol. The van der Waals surface area contributed by atoms with Crippen molar-refractivity contribution in [3.63, 3.8) is 0 Å². The molecule has 6 heteroatoms. The van der Waals surface area contributed by atoms with Crippen LogP contribution in [0.5, 0.6) is 5.75 Å². The van der Waals surface area contributed by atoms with E-state index in [4.69, 9.17) is 4.74 Å². The summed E-state index contributed by atoms with van der Waals surface area (Å²) in [5.74, 6) is 0.995. The predicted octanol–water partition coefficient (Wildman–Crippen LogP) is 0.912. The largest absolute Gasteiger partial charge is 0.493 e. The first-order valence-electron chi connectivity index (χ1n) is 8.23. The number of ether oxygens (including phenoxy) is 1. The molecular formula is C17H21N3O3. The summed E-state index contributed by atoms with van der Waals surface area (Å²) in [6.45, 7) is 2.50. The molecule has 2 saturated heterocycles. The van der Waals surface area contributed by atoms with E-state index in [2.05, 4.69) is 10.6 Å². The average Bonchev–Trinajstić information content (AvgIpc) is 2.80. The molecule has 2 fully saturated rings. The Bertz CT molecular complexity index is 640. The molecule has 0 aliphatic carbocycles. The third-order valence-electron chi connectivity index (χ3n) is 5.10. The van der Waals surface area contributed by atoms with Crippen molar-refractivity contribution in [2.75, 3.05) is 26.2 Å². The van der Waals surface area contributed by atoms with Gasteiger partial charge in [-0.2, -0.15) is 0 Å². The lowest BCUT2D eigenvalue weighted by molar-refractivity contribution is -0.132. The molecule has 23 heavy (non-hydrogen) atoms. The topological polar surface area (TPSA) is 70.7 Å². The van der Waals surface area contributed by atoms with Crippen molar-refractivity contribution in [2.45, 2.75) is 24.8 Å². The molecule has 2 N–H and O–H groups in total. The highest BCUT2D eigenvalue weighted by atomic mass is 16.5. The molecule has 122 valence electrons. The Hall–Kier alpha value is -2.08. The van der Waals surface area contributed by atoms with Gasteiger partial charge in [-0.3, -0.25) is 9.69 Å². The van der Waals surface area contributed by atoms with Gasteiger partial charge in [0.05, 0.1) is 6.61 Å². The molecule has 1 unspecified atom stereocenters. The molecule has 1 spiro atoms. The lowest BCUT2D eigenvalue weighted by atomic mass is 9.88. The monoisotopic (exact) mass is 315 g/mol. The number of carbonyl (C=O) groups is 2. The molecule has 4 rings (SSSR count). The second kappa shape index (κ2) is 5.53. The lowest BCUT2D eigenvalue weighted by Crippen LogP contribution is -2.54. The van der Waals surface area contributed by atoms with Gasteiger partial charge in [-0.25, -0.2) is 4.79 Å².